The molecule has 0 aliphatic carbocycles. The smallest absolute Gasteiger partial charge is 0.192 e. The Balaban J connectivity index is 4.79. The molecule has 1 atom stereocenters. The van der Waals surface area contributed by atoms with Gasteiger partial charge in [-0.2, -0.15) is 0 Å². The van der Waals surface area contributed by atoms with Crippen molar-refractivity contribution in [3.05, 3.63) is 0 Å². The van der Waals surface area contributed by atoms with Crippen molar-refractivity contribution < 1.29 is 9.22 Å². The molecule has 0 radical (unpaired) electrons. The van der Waals surface area contributed by atoms with Crippen LogP contribution in [-0.2, 0) is 9.22 Å². The van der Waals surface area contributed by atoms with E-state index < -0.39 is 8.32 Å². The molecule has 0 unspecified atom stereocenters. The molecular formula is C12H26O2Si. The summed E-state index contributed by atoms with van der Waals surface area (Å²) in [5.74, 6) is -0.0633. The second kappa shape index (κ2) is 4.38. The SMILES string of the molecule is C[C@@H](C=O)C(C)(C)O[Si](C)(C)C(C)(C)C. The fraction of sp³-hybridized carbons (Fsp3) is 0.917. The topological polar surface area (TPSA) is 26.3 Å². The Kier molecular flexibility index (Phi) is 4.33. The van der Waals surface area contributed by atoms with Gasteiger partial charge in [0, 0.05) is 5.92 Å². The first-order valence-electron chi connectivity index (χ1n) is 5.59. The number of hydrogen-bond donors (Lipinski definition) is 0. The lowest BCUT2D eigenvalue weighted by Crippen LogP contribution is -2.50. The van der Waals surface area contributed by atoms with Crippen molar-refractivity contribution in [2.45, 2.75) is 65.3 Å². The zero-order valence-corrected chi connectivity index (χ0v) is 12.5. The monoisotopic (exact) mass is 230 g/mol. The molecule has 0 aromatic carbocycles. The Bertz CT molecular complexity index is 226. The van der Waals surface area contributed by atoms with Gasteiger partial charge in [-0.3, -0.25) is 0 Å². The lowest BCUT2D eigenvalue weighted by Gasteiger charge is -2.44. The number of carbonyl (C=O) groups excluding carboxylic acids is 1. The van der Waals surface area contributed by atoms with Gasteiger partial charge in [0.05, 0.1) is 5.60 Å². The van der Waals surface area contributed by atoms with Crippen molar-refractivity contribution in [3.8, 4) is 0 Å². The quantitative estimate of drug-likeness (QED) is 0.544. The first kappa shape index (κ1) is 14.8. The summed E-state index contributed by atoms with van der Waals surface area (Å²) in [7, 11) is -1.78. The molecule has 0 heterocycles. The lowest BCUT2D eigenvalue weighted by molar-refractivity contribution is -0.116. The zero-order chi connectivity index (χ0) is 12.5. The second-order valence-corrected chi connectivity index (χ2v) is 11.1. The minimum absolute atomic E-state index is 0.0633. The van der Waals surface area contributed by atoms with E-state index in [1.165, 1.54) is 0 Å². The van der Waals surface area contributed by atoms with Crippen molar-refractivity contribution in [2.75, 3.05) is 0 Å². The van der Waals surface area contributed by atoms with E-state index in [1.54, 1.807) is 0 Å². The normalized spacial score (nSPS) is 16.3. The van der Waals surface area contributed by atoms with Crippen LogP contribution < -0.4 is 0 Å². The van der Waals surface area contributed by atoms with Gasteiger partial charge in [-0.05, 0) is 32.0 Å². The van der Waals surface area contributed by atoms with Gasteiger partial charge >= 0.3 is 0 Å². The van der Waals surface area contributed by atoms with Crippen LogP contribution in [0, 0.1) is 5.92 Å². The third-order valence-electron chi connectivity index (χ3n) is 3.63. The van der Waals surface area contributed by atoms with E-state index in [4.69, 9.17) is 4.43 Å². The summed E-state index contributed by atoms with van der Waals surface area (Å²) in [6.45, 7) is 17.0. The molecule has 0 aliphatic heterocycles. The Hall–Kier alpha value is -0.153. The largest absolute Gasteiger partial charge is 0.411 e. The third-order valence-corrected chi connectivity index (χ3v) is 8.27. The van der Waals surface area contributed by atoms with Crippen LogP contribution in [-0.4, -0.2) is 20.2 Å². The summed E-state index contributed by atoms with van der Waals surface area (Å²) < 4.78 is 6.25. The van der Waals surface area contributed by atoms with Gasteiger partial charge in [-0.25, -0.2) is 0 Å². The summed E-state index contributed by atoms with van der Waals surface area (Å²) in [6.07, 6.45) is 0.979. The average molecular weight is 230 g/mol. The Morgan fingerprint density at radius 3 is 1.80 bits per heavy atom. The first-order valence-corrected chi connectivity index (χ1v) is 8.50. The van der Waals surface area contributed by atoms with E-state index >= 15 is 0 Å². The molecule has 90 valence electrons. The average Bonchev–Trinajstić information content (AvgIpc) is 1.98. The second-order valence-electron chi connectivity index (χ2n) is 6.39. The highest BCUT2D eigenvalue weighted by atomic mass is 28.4. The Morgan fingerprint density at radius 2 is 1.53 bits per heavy atom. The van der Waals surface area contributed by atoms with Gasteiger partial charge in [0.25, 0.3) is 0 Å². The van der Waals surface area contributed by atoms with Gasteiger partial charge in [-0.1, -0.05) is 27.7 Å². The van der Waals surface area contributed by atoms with E-state index in [0.29, 0.717) is 0 Å². The van der Waals surface area contributed by atoms with E-state index in [1.807, 2.05) is 20.8 Å². The van der Waals surface area contributed by atoms with E-state index in [9.17, 15) is 4.79 Å². The predicted octanol–water partition coefficient (Wildman–Crippen LogP) is 3.62. The highest BCUT2D eigenvalue weighted by molar-refractivity contribution is 6.74. The minimum Gasteiger partial charge on any atom is -0.411 e. The van der Waals surface area contributed by atoms with Gasteiger partial charge < -0.3 is 9.22 Å². The highest BCUT2D eigenvalue weighted by Crippen LogP contribution is 2.40. The molecule has 0 N–H and O–H groups in total. The molecule has 0 amide bonds. The molecule has 0 aromatic rings. The zero-order valence-electron chi connectivity index (χ0n) is 11.5. The fourth-order valence-corrected chi connectivity index (χ4v) is 2.87. The van der Waals surface area contributed by atoms with Gasteiger partial charge in [0.15, 0.2) is 8.32 Å². The van der Waals surface area contributed by atoms with E-state index in [2.05, 4.69) is 33.9 Å². The van der Waals surface area contributed by atoms with Crippen LogP contribution in [0.3, 0.4) is 0 Å². The maximum absolute atomic E-state index is 10.8. The van der Waals surface area contributed by atoms with Crippen molar-refractivity contribution in [2.24, 2.45) is 5.92 Å². The van der Waals surface area contributed by atoms with Crippen LogP contribution in [0.4, 0.5) is 0 Å². The number of rotatable bonds is 4. The molecule has 2 nitrogen and oxygen atoms in total. The molecule has 0 aromatic heterocycles. The standard InChI is InChI=1S/C12H26O2Si/c1-10(9-13)12(5,6)14-15(7,8)11(2,3)4/h9-10H,1-8H3/t10-/m0/s1. The summed E-state index contributed by atoms with van der Waals surface area (Å²) in [5.41, 5.74) is -0.356. The van der Waals surface area contributed by atoms with Crippen LogP contribution in [0.15, 0.2) is 0 Å². The maximum Gasteiger partial charge on any atom is 0.192 e. The van der Waals surface area contributed by atoms with Crippen molar-refractivity contribution in [3.63, 3.8) is 0 Å². The molecule has 0 saturated heterocycles. The van der Waals surface area contributed by atoms with Gasteiger partial charge in [-0.15, -0.1) is 0 Å². The Labute approximate surface area is 95.5 Å². The van der Waals surface area contributed by atoms with E-state index in [0.717, 1.165) is 6.29 Å². The van der Waals surface area contributed by atoms with Gasteiger partial charge in [0.2, 0.25) is 0 Å². The summed E-state index contributed by atoms with van der Waals surface area (Å²) in [5, 5.41) is 0.187. The summed E-state index contributed by atoms with van der Waals surface area (Å²) >= 11 is 0. The maximum atomic E-state index is 10.8. The van der Waals surface area contributed by atoms with Crippen LogP contribution in [0.2, 0.25) is 18.1 Å². The molecule has 0 fully saturated rings. The molecule has 0 saturated carbocycles. The van der Waals surface area contributed by atoms with Crippen molar-refractivity contribution in [1.29, 1.82) is 0 Å². The van der Waals surface area contributed by atoms with Crippen LogP contribution >= 0.6 is 0 Å². The number of carbonyl (C=O) groups is 1. The summed E-state index contributed by atoms with van der Waals surface area (Å²) in [4.78, 5) is 10.8. The van der Waals surface area contributed by atoms with Crippen molar-refractivity contribution >= 4 is 14.6 Å². The molecular weight excluding hydrogens is 204 g/mol. The first-order chi connectivity index (χ1) is 6.44. The third kappa shape index (κ3) is 3.72. The van der Waals surface area contributed by atoms with Crippen molar-refractivity contribution in [1.82, 2.24) is 0 Å². The number of aldehydes is 1. The van der Waals surface area contributed by atoms with Crippen LogP contribution in [0.25, 0.3) is 0 Å². The molecule has 3 heteroatoms. The molecule has 0 spiro atoms. The van der Waals surface area contributed by atoms with Gasteiger partial charge in [0.1, 0.15) is 6.29 Å². The number of hydrogen-bond acceptors (Lipinski definition) is 2. The fourth-order valence-electron chi connectivity index (χ4n) is 1.07. The lowest BCUT2D eigenvalue weighted by atomic mass is 9.95. The summed E-state index contributed by atoms with van der Waals surface area (Å²) in [6, 6.07) is 0. The molecule has 0 bridgehead atoms. The van der Waals surface area contributed by atoms with Crippen LogP contribution in [0.1, 0.15) is 41.5 Å². The molecule has 0 aliphatic rings. The Morgan fingerprint density at radius 1 is 1.13 bits per heavy atom. The predicted molar refractivity (Wildman–Crippen MR) is 67.6 cm³/mol. The molecule has 15 heavy (non-hydrogen) atoms. The highest BCUT2D eigenvalue weighted by Gasteiger charge is 2.42. The van der Waals surface area contributed by atoms with E-state index in [-0.39, 0.29) is 16.6 Å². The molecule has 0 rings (SSSR count). The minimum atomic E-state index is -1.78. The van der Waals surface area contributed by atoms with Crippen LogP contribution in [0.5, 0.6) is 0 Å².